The average Bonchev–Trinajstić information content (AvgIpc) is 2.11. The van der Waals surface area contributed by atoms with Crippen molar-refractivity contribution in [2.24, 2.45) is 0 Å². The van der Waals surface area contributed by atoms with Crippen LogP contribution in [0.2, 0.25) is 0 Å². The summed E-state index contributed by atoms with van der Waals surface area (Å²) in [7, 11) is 0. The molecular weight excluding hydrogens is 200 g/mol. The molecule has 0 saturated heterocycles. The van der Waals surface area contributed by atoms with E-state index in [4.69, 9.17) is 10.2 Å². The molecular formula is C9H16N2O4. The van der Waals surface area contributed by atoms with Gasteiger partial charge in [-0.15, -0.1) is 0 Å². The monoisotopic (exact) mass is 216 g/mol. The van der Waals surface area contributed by atoms with Crippen LogP contribution in [0.4, 0.5) is 4.79 Å². The second kappa shape index (κ2) is 4.48. The molecule has 0 heterocycles. The second-order valence-electron chi connectivity index (χ2n) is 4.10. The fourth-order valence-electron chi connectivity index (χ4n) is 1.43. The summed E-state index contributed by atoms with van der Waals surface area (Å²) < 4.78 is 0. The molecule has 2 amide bonds. The molecule has 0 aromatic heterocycles. The van der Waals surface area contributed by atoms with Gasteiger partial charge in [0.15, 0.2) is 6.10 Å². The molecule has 1 aliphatic carbocycles. The highest BCUT2D eigenvalue weighted by Crippen LogP contribution is 2.30. The van der Waals surface area contributed by atoms with Crippen molar-refractivity contribution in [3.8, 4) is 0 Å². The van der Waals surface area contributed by atoms with Crippen molar-refractivity contribution in [3.05, 3.63) is 0 Å². The summed E-state index contributed by atoms with van der Waals surface area (Å²) in [4.78, 5) is 21.5. The first-order valence-corrected chi connectivity index (χ1v) is 4.90. The molecule has 6 nitrogen and oxygen atoms in total. The van der Waals surface area contributed by atoms with E-state index in [9.17, 15) is 9.59 Å². The molecule has 1 aliphatic rings. The molecule has 0 unspecified atom stereocenters. The number of hydrogen-bond donors (Lipinski definition) is 4. The third-order valence-electron chi connectivity index (χ3n) is 2.61. The molecule has 15 heavy (non-hydrogen) atoms. The highest BCUT2D eigenvalue weighted by Gasteiger charge is 2.33. The van der Waals surface area contributed by atoms with Crippen LogP contribution in [0.3, 0.4) is 0 Å². The smallest absolute Gasteiger partial charge is 0.334 e. The molecule has 1 rings (SSSR count). The lowest BCUT2D eigenvalue weighted by Crippen LogP contribution is -2.55. The Balaban J connectivity index is 2.21. The van der Waals surface area contributed by atoms with E-state index < -0.39 is 18.1 Å². The first kappa shape index (κ1) is 11.8. The SMILES string of the molecule is CC1(NC(=O)NC[C@H](O)C(=O)O)CCC1. The topological polar surface area (TPSA) is 98.7 Å². The number of amides is 2. The van der Waals surface area contributed by atoms with Gasteiger partial charge in [0.1, 0.15) is 0 Å². The summed E-state index contributed by atoms with van der Waals surface area (Å²) in [5.41, 5.74) is -0.168. The van der Waals surface area contributed by atoms with Crippen molar-refractivity contribution < 1.29 is 19.8 Å². The Morgan fingerprint density at radius 1 is 1.47 bits per heavy atom. The van der Waals surface area contributed by atoms with E-state index in [2.05, 4.69) is 10.6 Å². The molecule has 0 radical (unpaired) electrons. The van der Waals surface area contributed by atoms with Gasteiger partial charge in [0.25, 0.3) is 0 Å². The number of carboxylic acids is 1. The summed E-state index contributed by atoms with van der Waals surface area (Å²) >= 11 is 0. The zero-order valence-electron chi connectivity index (χ0n) is 8.62. The normalized spacial score (nSPS) is 19.9. The molecule has 1 atom stereocenters. The number of aliphatic carboxylic acids is 1. The number of aliphatic hydroxyl groups excluding tert-OH is 1. The van der Waals surface area contributed by atoms with Gasteiger partial charge in [-0.3, -0.25) is 0 Å². The highest BCUT2D eigenvalue weighted by molar-refractivity contribution is 5.77. The van der Waals surface area contributed by atoms with Crippen molar-refractivity contribution in [3.63, 3.8) is 0 Å². The second-order valence-corrected chi connectivity index (χ2v) is 4.10. The predicted octanol–water partition coefficient (Wildman–Crippen LogP) is -0.326. The first-order chi connectivity index (χ1) is 6.93. The van der Waals surface area contributed by atoms with Crippen LogP contribution < -0.4 is 10.6 Å². The van der Waals surface area contributed by atoms with E-state index in [1.54, 1.807) is 0 Å². The van der Waals surface area contributed by atoms with Crippen molar-refractivity contribution in [2.45, 2.75) is 37.8 Å². The maximum absolute atomic E-state index is 11.3. The number of nitrogens with one attached hydrogen (secondary N) is 2. The van der Waals surface area contributed by atoms with Gasteiger partial charge < -0.3 is 20.8 Å². The van der Waals surface area contributed by atoms with E-state index in [-0.39, 0.29) is 12.1 Å². The predicted molar refractivity (Wildman–Crippen MR) is 52.4 cm³/mol. The van der Waals surface area contributed by atoms with E-state index >= 15 is 0 Å². The third kappa shape index (κ3) is 3.39. The lowest BCUT2D eigenvalue weighted by Gasteiger charge is -2.39. The Morgan fingerprint density at radius 2 is 2.07 bits per heavy atom. The molecule has 1 saturated carbocycles. The summed E-state index contributed by atoms with van der Waals surface area (Å²) in [5, 5.41) is 22.3. The minimum atomic E-state index is -1.55. The third-order valence-corrected chi connectivity index (χ3v) is 2.61. The number of carbonyl (C=O) groups excluding carboxylic acids is 1. The zero-order valence-corrected chi connectivity index (χ0v) is 8.62. The molecule has 0 bridgehead atoms. The van der Waals surface area contributed by atoms with Crippen LogP contribution in [0, 0.1) is 0 Å². The minimum Gasteiger partial charge on any atom is -0.479 e. The summed E-state index contributed by atoms with van der Waals surface area (Å²) in [6.45, 7) is 1.65. The number of carbonyl (C=O) groups is 2. The van der Waals surface area contributed by atoms with Crippen molar-refractivity contribution in [1.82, 2.24) is 10.6 Å². The lowest BCUT2D eigenvalue weighted by molar-refractivity contribution is -0.146. The Bertz CT molecular complexity index is 263. The van der Waals surface area contributed by atoms with E-state index in [0.29, 0.717) is 0 Å². The molecule has 6 heteroatoms. The van der Waals surface area contributed by atoms with Crippen molar-refractivity contribution >= 4 is 12.0 Å². The van der Waals surface area contributed by atoms with E-state index in [1.165, 1.54) is 0 Å². The van der Waals surface area contributed by atoms with Crippen LogP contribution in [-0.2, 0) is 4.79 Å². The van der Waals surface area contributed by atoms with Gasteiger partial charge in [0, 0.05) is 5.54 Å². The van der Waals surface area contributed by atoms with Crippen LogP contribution >= 0.6 is 0 Å². The fraction of sp³-hybridized carbons (Fsp3) is 0.778. The van der Waals surface area contributed by atoms with Crippen LogP contribution in [0.5, 0.6) is 0 Å². The van der Waals surface area contributed by atoms with Gasteiger partial charge in [-0.25, -0.2) is 9.59 Å². The van der Waals surface area contributed by atoms with E-state index in [0.717, 1.165) is 19.3 Å². The van der Waals surface area contributed by atoms with Crippen LogP contribution in [0.15, 0.2) is 0 Å². The molecule has 0 spiro atoms. The molecule has 1 fully saturated rings. The Hall–Kier alpha value is -1.30. The Morgan fingerprint density at radius 3 is 2.47 bits per heavy atom. The standard InChI is InChI=1S/C9H16N2O4/c1-9(3-2-4-9)11-8(15)10-5-6(12)7(13)14/h6,12H,2-5H2,1H3,(H,13,14)(H2,10,11,15)/t6-/m0/s1. The van der Waals surface area contributed by atoms with Gasteiger partial charge in [-0.2, -0.15) is 0 Å². The quantitative estimate of drug-likeness (QED) is 0.517. The number of hydrogen-bond acceptors (Lipinski definition) is 3. The fourth-order valence-corrected chi connectivity index (χ4v) is 1.43. The maximum atomic E-state index is 11.3. The Labute approximate surface area is 87.7 Å². The number of rotatable bonds is 4. The molecule has 4 N–H and O–H groups in total. The van der Waals surface area contributed by atoms with Gasteiger partial charge >= 0.3 is 12.0 Å². The number of aliphatic hydroxyl groups is 1. The van der Waals surface area contributed by atoms with Crippen LogP contribution in [-0.4, -0.2) is 40.4 Å². The molecule has 0 aromatic carbocycles. The first-order valence-electron chi connectivity index (χ1n) is 4.90. The van der Waals surface area contributed by atoms with Crippen LogP contribution in [0.1, 0.15) is 26.2 Å². The van der Waals surface area contributed by atoms with Gasteiger partial charge in [-0.1, -0.05) is 0 Å². The molecule has 0 aromatic rings. The summed E-state index contributed by atoms with van der Waals surface area (Å²) in [6.07, 6.45) is 1.41. The van der Waals surface area contributed by atoms with Gasteiger partial charge in [0.2, 0.25) is 0 Å². The van der Waals surface area contributed by atoms with Crippen molar-refractivity contribution in [2.75, 3.05) is 6.54 Å². The maximum Gasteiger partial charge on any atom is 0.334 e. The molecule has 86 valence electrons. The Kier molecular flexibility index (Phi) is 3.52. The van der Waals surface area contributed by atoms with Gasteiger partial charge in [0.05, 0.1) is 6.54 Å². The minimum absolute atomic E-state index is 0.168. The highest BCUT2D eigenvalue weighted by atomic mass is 16.4. The number of carboxylic acid groups (broad SMARTS) is 1. The summed E-state index contributed by atoms with van der Waals surface area (Å²) in [5.74, 6) is -1.34. The lowest BCUT2D eigenvalue weighted by atomic mass is 9.79. The van der Waals surface area contributed by atoms with Gasteiger partial charge in [-0.05, 0) is 26.2 Å². The number of urea groups is 1. The molecule has 0 aliphatic heterocycles. The van der Waals surface area contributed by atoms with Crippen molar-refractivity contribution in [1.29, 1.82) is 0 Å². The summed E-state index contributed by atoms with van der Waals surface area (Å²) in [6, 6.07) is -0.433. The van der Waals surface area contributed by atoms with E-state index in [1.807, 2.05) is 6.92 Å². The van der Waals surface area contributed by atoms with Crippen LogP contribution in [0.25, 0.3) is 0 Å². The average molecular weight is 216 g/mol. The largest absolute Gasteiger partial charge is 0.479 e. The zero-order chi connectivity index (χ0) is 11.5.